The van der Waals surface area contributed by atoms with Gasteiger partial charge in [-0.2, -0.15) is 18.3 Å². The molecule has 1 aliphatic heterocycles. The normalized spacial score (nSPS) is 18.2. The van der Waals surface area contributed by atoms with Gasteiger partial charge in [0.1, 0.15) is 5.82 Å². The first-order valence-corrected chi connectivity index (χ1v) is 9.44. The molecule has 6 nitrogen and oxygen atoms in total. The average Bonchev–Trinajstić information content (AvgIpc) is 2.99. The lowest BCUT2D eigenvalue weighted by molar-refractivity contribution is -0.137. The number of rotatable bonds is 4. The lowest BCUT2D eigenvalue weighted by atomic mass is 10.1. The van der Waals surface area contributed by atoms with Gasteiger partial charge in [-0.15, -0.1) is 0 Å². The Balaban J connectivity index is 1.85. The minimum absolute atomic E-state index is 0.0654. The Hall–Kier alpha value is -2.07. The predicted molar refractivity (Wildman–Crippen MR) is 87.0 cm³/mol. The van der Waals surface area contributed by atoms with Crippen molar-refractivity contribution in [3.05, 3.63) is 42.1 Å². The maximum Gasteiger partial charge on any atom is 0.416 e. The fourth-order valence-electron chi connectivity index (χ4n) is 2.82. The van der Waals surface area contributed by atoms with Crippen LogP contribution in [0.15, 0.2) is 36.5 Å². The molecule has 1 atom stereocenters. The zero-order chi connectivity index (χ0) is 18.2. The number of nitrogens with zero attached hydrogens (tertiary/aromatic N) is 3. The molecule has 0 radical (unpaired) electrons. The molecule has 0 spiro atoms. The van der Waals surface area contributed by atoms with E-state index in [1.165, 1.54) is 12.1 Å². The summed E-state index contributed by atoms with van der Waals surface area (Å²) in [4.78, 5) is 1.84. The van der Waals surface area contributed by atoms with Crippen molar-refractivity contribution in [3.8, 4) is 0 Å². The molecular weight excluding hydrogens is 357 g/mol. The summed E-state index contributed by atoms with van der Waals surface area (Å²) in [5, 5.41) is 4.20. The second-order valence-electron chi connectivity index (χ2n) is 6.01. The second kappa shape index (κ2) is 6.34. The van der Waals surface area contributed by atoms with Crippen LogP contribution in [0, 0.1) is 5.92 Å². The summed E-state index contributed by atoms with van der Waals surface area (Å²) in [6, 6.07) is 6.67. The van der Waals surface area contributed by atoms with Crippen LogP contribution >= 0.6 is 0 Å². The summed E-state index contributed by atoms with van der Waals surface area (Å²) in [6.07, 6.45) is -1.69. The molecule has 1 aromatic heterocycles. The lowest BCUT2D eigenvalue weighted by Gasteiger charge is -2.34. The van der Waals surface area contributed by atoms with Gasteiger partial charge in [0.25, 0.3) is 0 Å². The molecule has 25 heavy (non-hydrogen) atoms. The maximum atomic E-state index is 12.7. The van der Waals surface area contributed by atoms with Crippen molar-refractivity contribution in [1.29, 1.82) is 0 Å². The van der Waals surface area contributed by atoms with Crippen molar-refractivity contribution in [2.45, 2.75) is 12.7 Å². The van der Waals surface area contributed by atoms with Gasteiger partial charge in [-0.3, -0.25) is 0 Å². The van der Waals surface area contributed by atoms with Crippen LogP contribution < -0.4 is 9.62 Å². The number of fused-ring (bicyclic) bond motifs is 1. The minimum Gasteiger partial charge on any atom is -0.326 e. The number of alkyl halides is 3. The van der Waals surface area contributed by atoms with E-state index in [1.54, 1.807) is 16.9 Å². The number of hydrogen-bond acceptors (Lipinski definition) is 4. The summed E-state index contributed by atoms with van der Waals surface area (Å²) in [5.74, 6) is 0.694. The highest BCUT2D eigenvalue weighted by Gasteiger charge is 2.31. The van der Waals surface area contributed by atoms with Crippen LogP contribution in [0.2, 0.25) is 0 Å². The molecule has 1 N–H and O–H groups in total. The fourth-order valence-corrected chi connectivity index (χ4v) is 3.35. The van der Waals surface area contributed by atoms with Crippen LogP contribution in [0.1, 0.15) is 5.56 Å². The first-order valence-electron chi connectivity index (χ1n) is 7.55. The standard InChI is InChI=1S/C15H17F3N4O2S/c1-25(23,24)20-8-11-9-21(14-6-7-19-22(14)10-11)13-4-2-12(3-5-13)15(16,17)18/h2-7,11,20H,8-10H2,1H3. The number of hydrogen-bond donors (Lipinski definition) is 1. The van der Waals surface area contributed by atoms with Crippen LogP contribution in [0.3, 0.4) is 0 Å². The molecule has 0 saturated carbocycles. The predicted octanol–water partition coefficient (Wildman–Crippen LogP) is 2.22. The monoisotopic (exact) mass is 374 g/mol. The first kappa shape index (κ1) is 17.7. The van der Waals surface area contributed by atoms with E-state index >= 15 is 0 Å². The van der Waals surface area contributed by atoms with Crippen LogP contribution in [0.4, 0.5) is 24.7 Å². The minimum atomic E-state index is -4.38. The van der Waals surface area contributed by atoms with Gasteiger partial charge in [-0.05, 0) is 24.3 Å². The van der Waals surface area contributed by atoms with Gasteiger partial charge in [-0.25, -0.2) is 17.8 Å². The number of aromatic nitrogens is 2. The molecule has 136 valence electrons. The highest BCUT2D eigenvalue weighted by atomic mass is 32.2. The Bertz CT molecular complexity index is 846. The number of anilines is 2. The quantitative estimate of drug-likeness (QED) is 0.891. The Kier molecular flexibility index (Phi) is 4.50. The van der Waals surface area contributed by atoms with E-state index in [0.29, 0.717) is 18.8 Å². The van der Waals surface area contributed by atoms with E-state index in [-0.39, 0.29) is 12.5 Å². The van der Waals surface area contributed by atoms with E-state index in [1.807, 2.05) is 4.90 Å². The summed E-state index contributed by atoms with van der Waals surface area (Å²) in [6.45, 7) is 1.23. The largest absolute Gasteiger partial charge is 0.416 e. The Morgan fingerprint density at radius 2 is 1.88 bits per heavy atom. The van der Waals surface area contributed by atoms with Crippen molar-refractivity contribution >= 4 is 21.5 Å². The number of nitrogens with one attached hydrogen (secondary N) is 1. The first-order chi connectivity index (χ1) is 11.6. The summed E-state index contributed by atoms with van der Waals surface area (Å²) in [7, 11) is -3.31. The zero-order valence-electron chi connectivity index (χ0n) is 13.4. The van der Waals surface area contributed by atoms with E-state index in [0.717, 1.165) is 24.2 Å². The van der Waals surface area contributed by atoms with Gasteiger partial charge in [0.15, 0.2) is 0 Å². The summed E-state index contributed by atoms with van der Waals surface area (Å²) < 4.78 is 65.0. The molecule has 1 aliphatic rings. The molecule has 0 aliphatic carbocycles. The molecule has 1 unspecified atom stereocenters. The zero-order valence-corrected chi connectivity index (χ0v) is 14.2. The van der Waals surface area contributed by atoms with E-state index in [9.17, 15) is 21.6 Å². The van der Waals surface area contributed by atoms with Crippen molar-refractivity contribution < 1.29 is 21.6 Å². The smallest absolute Gasteiger partial charge is 0.326 e. The summed E-state index contributed by atoms with van der Waals surface area (Å²) >= 11 is 0. The SMILES string of the molecule is CS(=O)(=O)NCC1CN(c2ccc(C(F)(F)F)cc2)c2ccnn2C1. The number of halogens is 3. The highest BCUT2D eigenvalue weighted by Crippen LogP contribution is 2.34. The molecule has 3 rings (SSSR count). The summed E-state index contributed by atoms with van der Waals surface area (Å²) in [5.41, 5.74) is -0.115. The third-order valence-electron chi connectivity index (χ3n) is 3.98. The number of benzene rings is 1. The van der Waals surface area contributed by atoms with Crippen LogP contribution in [0.5, 0.6) is 0 Å². The lowest BCUT2D eigenvalue weighted by Crippen LogP contribution is -2.41. The van der Waals surface area contributed by atoms with Crippen LogP contribution in [-0.2, 0) is 22.7 Å². The van der Waals surface area contributed by atoms with Gasteiger partial charge < -0.3 is 4.90 Å². The number of sulfonamides is 1. The van der Waals surface area contributed by atoms with Gasteiger partial charge in [-0.1, -0.05) is 0 Å². The molecule has 0 bridgehead atoms. The molecule has 10 heteroatoms. The van der Waals surface area contributed by atoms with Crippen molar-refractivity contribution in [1.82, 2.24) is 14.5 Å². The Labute approximate surface area is 143 Å². The van der Waals surface area contributed by atoms with Gasteiger partial charge in [0, 0.05) is 37.3 Å². The molecule has 0 amide bonds. The third kappa shape index (κ3) is 4.13. The highest BCUT2D eigenvalue weighted by molar-refractivity contribution is 7.88. The van der Waals surface area contributed by atoms with Crippen molar-refractivity contribution in [2.75, 3.05) is 24.2 Å². The Morgan fingerprint density at radius 3 is 2.48 bits per heavy atom. The van der Waals surface area contributed by atoms with E-state index < -0.39 is 21.8 Å². The van der Waals surface area contributed by atoms with Crippen LogP contribution in [-0.4, -0.2) is 37.5 Å². The van der Waals surface area contributed by atoms with E-state index in [2.05, 4.69) is 9.82 Å². The van der Waals surface area contributed by atoms with Gasteiger partial charge in [0.05, 0.1) is 18.0 Å². The molecular formula is C15H17F3N4O2S. The maximum absolute atomic E-state index is 12.7. The Morgan fingerprint density at radius 1 is 1.20 bits per heavy atom. The topological polar surface area (TPSA) is 67.2 Å². The van der Waals surface area contributed by atoms with Gasteiger partial charge >= 0.3 is 6.18 Å². The molecule has 1 aromatic carbocycles. The molecule has 0 saturated heterocycles. The molecule has 2 heterocycles. The van der Waals surface area contributed by atoms with Crippen molar-refractivity contribution in [2.24, 2.45) is 5.92 Å². The van der Waals surface area contributed by atoms with Crippen LogP contribution in [0.25, 0.3) is 0 Å². The van der Waals surface area contributed by atoms with Gasteiger partial charge in [0.2, 0.25) is 10.0 Å². The average molecular weight is 374 g/mol. The third-order valence-corrected chi connectivity index (χ3v) is 4.67. The molecule has 2 aromatic rings. The van der Waals surface area contributed by atoms with E-state index in [4.69, 9.17) is 0 Å². The van der Waals surface area contributed by atoms with Crippen molar-refractivity contribution in [3.63, 3.8) is 0 Å². The fraction of sp³-hybridized carbons (Fsp3) is 0.400. The second-order valence-corrected chi connectivity index (χ2v) is 7.85. The molecule has 0 fully saturated rings.